The predicted octanol–water partition coefficient (Wildman–Crippen LogP) is 3.62. The highest BCUT2D eigenvalue weighted by Gasteiger charge is 2.15. The molecule has 0 saturated carbocycles. The number of nitrogens with zero attached hydrogens (tertiary/aromatic N) is 2. The maximum Gasteiger partial charge on any atom is 0.279 e. The van der Waals surface area contributed by atoms with Gasteiger partial charge in [0.15, 0.2) is 0 Å². The summed E-state index contributed by atoms with van der Waals surface area (Å²) in [5.41, 5.74) is 1.65. The fourth-order valence-corrected chi connectivity index (χ4v) is 2.88. The van der Waals surface area contributed by atoms with E-state index in [9.17, 15) is 9.59 Å². The molecule has 6 nitrogen and oxygen atoms in total. The molecule has 0 unspecified atom stereocenters. The monoisotopic (exact) mass is 427 g/mol. The van der Waals surface area contributed by atoms with E-state index in [0.717, 1.165) is 10.0 Å². The van der Waals surface area contributed by atoms with Gasteiger partial charge in [0.2, 0.25) is 0 Å². The van der Waals surface area contributed by atoms with Crippen molar-refractivity contribution in [1.82, 2.24) is 9.78 Å². The number of halogens is 1. The van der Waals surface area contributed by atoms with Crippen molar-refractivity contribution in [1.29, 1.82) is 0 Å². The highest BCUT2D eigenvalue weighted by atomic mass is 79.9. The van der Waals surface area contributed by atoms with Crippen LogP contribution < -0.4 is 15.6 Å². The molecule has 0 saturated heterocycles. The average Bonchev–Trinajstić information content (AvgIpc) is 2.66. The molecule has 0 spiro atoms. The third kappa shape index (κ3) is 4.62. The first-order chi connectivity index (χ1) is 13.0. The van der Waals surface area contributed by atoms with Gasteiger partial charge in [-0.3, -0.25) is 9.59 Å². The van der Waals surface area contributed by atoms with E-state index in [4.69, 9.17) is 4.74 Å². The molecule has 0 fully saturated rings. The van der Waals surface area contributed by atoms with Crippen molar-refractivity contribution in [2.75, 3.05) is 12.4 Å². The summed E-state index contributed by atoms with van der Waals surface area (Å²) in [6.07, 6.45) is 0. The molecule has 7 heteroatoms. The molecule has 0 aliphatic rings. The largest absolute Gasteiger partial charge is 0.497 e. The maximum absolute atomic E-state index is 12.8. The molecule has 0 aliphatic carbocycles. The van der Waals surface area contributed by atoms with E-state index in [1.165, 1.54) is 10.7 Å². The fraction of sp³-hybridized carbons (Fsp3) is 0.150. The number of methoxy groups -OCH3 is 1. The van der Waals surface area contributed by atoms with Crippen molar-refractivity contribution in [3.63, 3.8) is 0 Å². The van der Waals surface area contributed by atoms with Crippen LogP contribution in [0.5, 0.6) is 5.75 Å². The van der Waals surface area contributed by atoms with Crippen molar-refractivity contribution < 1.29 is 9.53 Å². The second kappa shape index (κ2) is 8.18. The molecule has 0 bridgehead atoms. The molecule has 1 aromatic heterocycles. The summed E-state index contributed by atoms with van der Waals surface area (Å²) >= 11 is 3.35. The van der Waals surface area contributed by atoms with Crippen LogP contribution in [0.15, 0.2) is 63.9 Å². The number of nitrogens with one attached hydrogen (secondary N) is 1. The van der Waals surface area contributed by atoms with E-state index in [1.807, 2.05) is 36.4 Å². The number of carbonyl (C=O) groups is 1. The zero-order valence-corrected chi connectivity index (χ0v) is 16.5. The Hall–Kier alpha value is -2.93. The van der Waals surface area contributed by atoms with E-state index < -0.39 is 11.5 Å². The molecule has 1 N–H and O–H groups in total. The molecular formula is C20H18BrN3O3. The van der Waals surface area contributed by atoms with Gasteiger partial charge in [-0.25, -0.2) is 4.68 Å². The number of ether oxygens (including phenoxy) is 1. The van der Waals surface area contributed by atoms with Gasteiger partial charge in [0, 0.05) is 10.2 Å². The summed E-state index contributed by atoms with van der Waals surface area (Å²) in [5.74, 6) is 0.230. The molecule has 1 amide bonds. The Morgan fingerprint density at radius 3 is 2.63 bits per heavy atom. The Kier molecular flexibility index (Phi) is 5.71. The third-order valence-corrected chi connectivity index (χ3v) is 4.44. The minimum atomic E-state index is -0.466. The average molecular weight is 428 g/mol. The minimum absolute atomic E-state index is 0.0494. The molecule has 1 heterocycles. The summed E-state index contributed by atoms with van der Waals surface area (Å²) in [7, 11) is 1.58. The van der Waals surface area contributed by atoms with Gasteiger partial charge in [-0.1, -0.05) is 28.1 Å². The molecule has 0 radical (unpaired) electrons. The van der Waals surface area contributed by atoms with Gasteiger partial charge in [-0.05, 0) is 55.0 Å². The lowest BCUT2D eigenvalue weighted by Crippen LogP contribution is -2.31. The zero-order chi connectivity index (χ0) is 19.4. The summed E-state index contributed by atoms with van der Waals surface area (Å²) in [5, 5.41) is 7.00. The molecule has 3 aromatic rings. The number of rotatable bonds is 5. The van der Waals surface area contributed by atoms with E-state index in [0.29, 0.717) is 17.1 Å². The van der Waals surface area contributed by atoms with Crippen molar-refractivity contribution in [3.05, 3.63) is 86.2 Å². The molecule has 2 aromatic carbocycles. The Balaban J connectivity index is 1.89. The standard InChI is InChI=1S/C20H18BrN3O3/c1-13-10-18(19(25)22-16-8-6-15(21)7-9-16)20(26)24(23-13)12-14-4-3-5-17(11-14)27-2/h3-11H,12H2,1-2H3,(H,22,25). The summed E-state index contributed by atoms with van der Waals surface area (Å²) in [6.45, 7) is 1.99. The van der Waals surface area contributed by atoms with Gasteiger partial charge in [0.25, 0.3) is 11.5 Å². The molecular weight excluding hydrogens is 410 g/mol. The lowest BCUT2D eigenvalue weighted by molar-refractivity contribution is 0.102. The zero-order valence-electron chi connectivity index (χ0n) is 14.9. The lowest BCUT2D eigenvalue weighted by Gasteiger charge is -2.10. The van der Waals surface area contributed by atoms with Crippen LogP contribution in [0.1, 0.15) is 21.6 Å². The number of hydrogen-bond acceptors (Lipinski definition) is 4. The number of amides is 1. The second-order valence-electron chi connectivity index (χ2n) is 5.97. The van der Waals surface area contributed by atoms with E-state index in [2.05, 4.69) is 26.3 Å². The number of carbonyl (C=O) groups excluding carboxylic acids is 1. The first kappa shape index (κ1) is 18.8. The van der Waals surface area contributed by atoms with Gasteiger partial charge >= 0.3 is 0 Å². The molecule has 0 atom stereocenters. The van der Waals surface area contributed by atoms with E-state index in [1.54, 1.807) is 26.2 Å². The van der Waals surface area contributed by atoms with Gasteiger partial charge < -0.3 is 10.1 Å². The van der Waals surface area contributed by atoms with Gasteiger partial charge in [-0.2, -0.15) is 5.10 Å². The Bertz CT molecular complexity index is 1030. The maximum atomic E-state index is 12.8. The number of hydrogen-bond donors (Lipinski definition) is 1. The highest BCUT2D eigenvalue weighted by molar-refractivity contribution is 9.10. The Morgan fingerprint density at radius 1 is 1.19 bits per heavy atom. The van der Waals surface area contributed by atoms with Crippen molar-refractivity contribution in [2.45, 2.75) is 13.5 Å². The number of benzene rings is 2. The highest BCUT2D eigenvalue weighted by Crippen LogP contribution is 2.15. The van der Waals surface area contributed by atoms with Crippen LogP contribution in [0.25, 0.3) is 0 Å². The Labute approximate surface area is 164 Å². The number of anilines is 1. The van der Waals surface area contributed by atoms with E-state index in [-0.39, 0.29) is 12.1 Å². The van der Waals surface area contributed by atoms with Crippen molar-refractivity contribution in [3.8, 4) is 5.75 Å². The smallest absolute Gasteiger partial charge is 0.279 e. The van der Waals surface area contributed by atoms with Gasteiger partial charge in [0.05, 0.1) is 19.3 Å². The van der Waals surface area contributed by atoms with Crippen LogP contribution in [0, 0.1) is 6.92 Å². The topological polar surface area (TPSA) is 73.2 Å². The lowest BCUT2D eigenvalue weighted by atomic mass is 10.2. The van der Waals surface area contributed by atoms with Crippen molar-refractivity contribution in [2.24, 2.45) is 0 Å². The van der Waals surface area contributed by atoms with Crippen LogP contribution in [0.4, 0.5) is 5.69 Å². The SMILES string of the molecule is COc1cccc(Cn2nc(C)cc(C(=O)Nc3ccc(Br)cc3)c2=O)c1. The molecule has 0 aliphatic heterocycles. The van der Waals surface area contributed by atoms with Gasteiger partial charge in [0.1, 0.15) is 11.3 Å². The molecule has 27 heavy (non-hydrogen) atoms. The molecule has 3 rings (SSSR count). The molecule has 138 valence electrons. The predicted molar refractivity (Wildman–Crippen MR) is 107 cm³/mol. The fourth-order valence-electron chi connectivity index (χ4n) is 2.62. The van der Waals surface area contributed by atoms with Crippen LogP contribution in [0.2, 0.25) is 0 Å². The summed E-state index contributed by atoms with van der Waals surface area (Å²) in [6, 6.07) is 16.0. The van der Waals surface area contributed by atoms with Crippen LogP contribution >= 0.6 is 15.9 Å². The summed E-state index contributed by atoms with van der Waals surface area (Å²) < 4.78 is 7.40. The minimum Gasteiger partial charge on any atom is -0.497 e. The Morgan fingerprint density at radius 2 is 1.93 bits per heavy atom. The number of aromatic nitrogens is 2. The summed E-state index contributed by atoms with van der Waals surface area (Å²) in [4.78, 5) is 25.4. The van der Waals surface area contributed by atoms with Crippen molar-refractivity contribution >= 4 is 27.5 Å². The van der Waals surface area contributed by atoms with Crippen LogP contribution in [0.3, 0.4) is 0 Å². The van der Waals surface area contributed by atoms with E-state index >= 15 is 0 Å². The number of aryl methyl sites for hydroxylation is 1. The first-order valence-corrected chi connectivity index (χ1v) is 9.04. The van der Waals surface area contributed by atoms with Crippen LogP contribution in [-0.2, 0) is 6.54 Å². The quantitative estimate of drug-likeness (QED) is 0.674. The van der Waals surface area contributed by atoms with Gasteiger partial charge in [-0.15, -0.1) is 0 Å². The third-order valence-electron chi connectivity index (χ3n) is 3.91. The normalized spacial score (nSPS) is 10.5. The second-order valence-corrected chi connectivity index (χ2v) is 6.89. The van der Waals surface area contributed by atoms with Crippen LogP contribution in [-0.4, -0.2) is 22.8 Å². The first-order valence-electron chi connectivity index (χ1n) is 8.25.